The number of amides is 2. The standard InChI is InChI=1S/C23H24N2O/c1-16-15-23(2,3)25(21-14-7-6-11-18(16)21)22(26)24-20-13-8-10-17-9-4-5-12-19(17)20/h4-14,16H,15H2,1-3H3,(H,24,26)/t16-/m0/s1. The molecule has 0 aromatic heterocycles. The van der Waals surface area contributed by atoms with E-state index in [1.807, 2.05) is 41.3 Å². The van der Waals surface area contributed by atoms with Crippen LogP contribution in [0.5, 0.6) is 0 Å². The molecule has 0 unspecified atom stereocenters. The van der Waals surface area contributed by atoms with Crippen LogP contribution in [0.25, 0.3) is 10.8 Å². The Labute approximate surface area is 154 Å². The summed E-state index contributed by atoms with van der Waals surface area (Å²) >= 11 is 0. The average Bonchev–Trinajstić information content (AvgIpc) is 2.61. The Morgan fingerprint density at radius 1 is 1.00 bits per heavy atom. The van der Waals surface area contributed by atoms with Crippen LogP contribution in [0.4, 0.5) is 16.2 Å². The summed E-state index contributed by atoms with van der Waals surface area (Å²) in [5.74, 6) is 0.433. The molecule has 1 heterocycles. The second kappa shape index (κ2) is 6.17. The molecule has 26 heavy (non-hydrogen) atoms. The molecule has 1 N–H and O–H groups in total. The lowest BCUT2D eigenvalue weighted by molar-refractivity contribution is 0.247. The van der Waals surface area contributed by atoms with Crippen molar-refractivity contribution >= 4 is 28.2 Å². The predicted molar refractivity (Wildman–Crippen MR) is 109 cm³/mol. The minimum absolute atomic E-state index is 0.0781. The van der Waals surface area contributed by atoms with Crippen molar-refractivity contribution in [1.29, 1.82) is 0 Å². The van der Waals surface area contributed by atoms with Crippen molar-refractivity contribution in [3.63, 3.8) is 0 Å². The zero-order chi connectivity index (χ0) is 18.3. The average molecular weight is 344 g/mol. The predicted octanol–water partition coefficient (Wildman–Crippen LogP) is 6.16. The number of anilines is 2. The number of carbonyl (C=O) groups excluding carboxylic acids is 1. The fourth-order valence-electron chi connectivity index (χ4n) is 4.27. The van der Waals surface area contributed by atoms with Crippen molar-refractivity contribution in [1.82, 2.24) is 0 Å². The SMILES string of the molecule is C[C@H]1CC(C)(C)N(C(=O)Nc2cccc3ccccc23)c2ccccc21. The minimum Gasteiger partial charge on any atom is -0.307 e. The van der Waals surface area contributed by atoms with Crippen LogP contribution in [0, 0.1) is 0 Å². The molecule has 0 saturated carbocycles. The molecule has 4 rings (SSSR count). The van der Waals surface area contributed by atoms with E-state index in [1.165, 1.54) is 5.56 Å². The molecule has 3 nitrogen and oxygen atoms in total. The van der Waals surface area contributed by atoms with Crippen LogP contribution in [0.1, 0.15) is 38.7 Å². The van der Waals surface area contributed by atoms with E-state index in [9.17, 15) is 4.79 Å². The van der Waals surface area contributed by atoms with E-state index in [1.54, 1.807) is 0 Å². The van der Waals surface area contributed by atoms with Gasteiger partial charge in [0.25, 0.3) is 0 Å². The van der Waals surface area contributed by atoms with E-state index in [4.69, 9.17) is 0 Å². The molecular formula is C23H24N2O. The number of hydrogen-bond acceptors (Lipinski definition) is 1. The molecule has 1 atom stereocenters. The summed E-state index contributed by atoms with van der Waals surface area (Å²) in [5, 5.41) is 5.33. The van der Waals surface area contributed by atoms with Crippen LogP contribution in [0.3, 0.4) is 0 Å². The molecule has 3 aromatic rings. The number of benzene rings is 3. The van der Waals surface area contributed by atoms with Gasteiger partial charge in [0.05, 0.1) is 5.69 Å². The van der Waals surface area contributed by atoms with Crippen molar-refractivity contribution in [2.45, 2.75) is 38.6 Å². The van der Waals surface area contributed by atoms with Gasteiger partial charge in [-0.3, -0.25) is 4.90 Å². The highest BCUT2D eigenvalue weighted by atomic mass is 16.2. The van der Waals surface area contributed by atoms with Crippen molar-refractivity contribution in [3.05, 3.63) is 72.3 Å². The van der Waals surface area contributed by atoms with Crippen molar-refractivity contribution < 1.29 is 4.79 Å². The zero-order valence-electron chi connectivity index (χ0n) is 15.5. The number of carbonyl (C=O) groups is 1. The van der Waals surface area contributed by atoms with Crippen LogP contribution in [-0.2, 0) is 0 Å². The molecule has 1 aliphatic heterocycles. The first-order chi connectivity index (χ1) is 12.5. The van der Waals surface area contributed by atoms with E-state index in [2.05, 4.69) is 56.4 Å². The molecule has 1 aliphatic rings. The van der Waals surface area contributed by atoms with Crippen LogP contribution in [0.15, 0.2) is 66.7 Å². The monoisotopic (exact) mass is 344 g/mol. The minimum atomic E-state index is -0.248. The first-order valence-corrected chi connectivity index (χ1v) is 9.15. The molecule has 2 amide bonds. The van der Waals surface area contributed by atoms with Gasteiger partial charge in [-0.15, -0.1) is 0 Å². The number of urea groups is 1. The van der Waals surface area contributed by atoms with E-state index < -0.39 is 0 Å². The Bertz CT molecular complexity index is 971. The van der Waals surface area contributed by atoms with Gasteiger partial charge in [-0.1, -0.05) is 61.5 Å². The molecule has 0 aliphatic carbocycles. The number of hydrogen-bond donors (Lipinski definition) is 1. The lowest BCUT2D eigenvalue weighted by Crippen LogP contribution is -2.53. The summed E-state index contributed by atoms with van der Waals surface area (Å²) in [6.07, 6.45) is 0.937. The number of rotatable bonds is 1. The summed E-state index contributed by atoms with van der Waals surface area (Å²) in [7, 11) is 0. The summed E-state index contributed by atoms with van der Waals surface area (Å²) in [6.45, 7) is 6.52. The van der Waals surface area contributed by atoms with Crippen LogP contribution in [-0.4, -0.2) is 11.6 Å². The summed E-state index contributed by atoms with van der Waals surface area (Å²) < 4.78 is 0. The fourth-order valence-corrected chi connectivity index (χ4v) is 4.27. The number of nitrogens with zero attached hydrogens (tertiary/aromatic N) is 1. The van der Waals surface area contributed by atoms with Gasteiger partial charge < -0.3 is 5.32 Å². The van der Waals surface area contributed by atoms with Crippen LogP contribution in [0.2, 0.25) is 0 Å². The number of para-hydroxylation sites is 1. The third kappa shape index (κ3) is 2.74. The number of nitrogens with one attached hydrogen (secondary N) is 1. The molecular weight excluding hydrogens is 320 g/mol. The second-order valence-corrected chi connectivity index (χ2v) is 7.77. The molecule has 0 radical (unpaired) electrons. The Morgan fingerprint density at radius 2 is 1.69 bits per heavy atom. The molecule has 0 bridgehead atoms. The first kappa shape index (κ1) is 16.6. The second-order valence-electron chi connectivity index (χ2n) is 7.77. The highest BCUT2D eigenvalue weighted by Gasteiger charge is 2.39. The van der Waals surface area contributed by atoms with Gasteiger partial charge in [0.15, 0.2) is 0 Å². The zero-order valence-corrected chi connectivity index (χ0v) is 15.5. The van der Waals surface area contributed by atoms with E-state index in [0.717, 1.165) is 28.6 Å². The topological polar surface area (TPSA) is 32.3 Å². The van der Waals surface area contributed by atoms with Crippen LogP contribution >= 0.6 is 0 Å². The van der Waals surface area contributed by atoms with Gasteiger partial charge in [0.2, 0.25) is 0 Å². The van der Waals surface area contributed by atoms with E-state index in [-0.39, 0.29) is 11.6 Å². The molecule has 132 valence electrons. The Morgan fingerprint density at radius 3 is 2.54 bits per heavy atom. The van der Waals surface area contributed by atoms with Crippen molar-refractivity contribution in [3.8, 4) is 0 Å². The largest absolute Gasteiger partial charge is 0.326 e. The van der Waals surface area contributed by atoms with Gasteiger partial charge in [-0.2, -0.15) is 0 Å². The van der Waals surface area contributed by atoms with E-state index in [0.29, 0.717) is 5.92 Å². The molecule has 3 heteroatoms. The summed E-state index contributed by atoms with van der Waals surface area (Å²) in [4.78, 5) is 15.2. The van der Waals surface area contributed by atoms with Gasteiger partial charge in [0, 0.05) is 16.6 Å². The van der Waals surface area contributed by atoms with Crippen LogP contribution < -0.4 is 10.2 Å². The Balaban J connectivity index is 1.74. The third-order valence-corrected chi connectivity index (χ3v) is 5.35. The maximum atomic E-state index is 13.3. The van der Waals surface area contributed by atoms with Gasteiger partial charge in [-0.25, -0.2) is 4.79 Å². The maximum Gasteiger partial charge on any atom is 0.326 e. The quantitative estimate of drug-likeness (QED) is 0.563. The third-order valence-electron chi connectivity index (χ3n) is 5.35. The highest BCUT2D eigenvalue weighted by molar-refractivity contribution is 6.08. The van der Waals surface area contributed by atoms with Gasteiger partial charge in [0.1, 0.15) is 0 Å². The van der Waals surface area contributed by atoms with Crippen molar-refractivity contribution in [2.24, 2.45) is 0 Å². The fraction of sp³-hybridized carbons (Fsp3) is 0.261. The van der Waals surface area contributed by atoms with Gasteiger partial charge >= 0.3 is 6.03 Å². The Hall–Kier alpha value is -2.81. The maximum absolute atomic E-state index is 13.3. The van der Waals surface area contributed by atoms with Crippen molar-refractivity contribution in [2.75, 3.05) is 10.2 Å². The highest BCUT2D eigenvalue weighted by Crippen LogP contribution is 2.43. The van der Waals surface area contributed by atoms with E-state index >= 15 is 0 Å². The first-order valence-electron chi connectivity index (χ1n) is 9.15. The summed E-state index contributed by atoms with van der Waals surface area (Å²) in [5.41, 5.74) is 2.84. The Kier molecular flexibility index (Phi) is 3.95. The lowest BCUT2D eigenvalue weighted by atomic mass is 9.80. The molecule has 0 spiro atoms. The molecule has 3 aromatic carbocycles. The lowest BCUT2D eigenvalue weighted by Gasteiger charge is -2.45. The normalized spacial score (nSPS) is 18.4. The molecule has 0 fully saturated rings. The summed E-state index contributed by atoms with van der Waals surface area (Å²) in [6, 6.07) is 22.3. The smallest absolute Gasteiger partial charge is 0.307 e. The molecule has 0 saturated heterocycles. The number of fused-ring (bicyclic) bond motifs is 2. The van der Waals surface area contributed by atoms with Gasteiger partial charge in [-0.05, 0) is 49.3 Å².